The molecule has 0 spiro atoms. The molecule has 2 aliphatic rings. The fourth-order valence-corrected chi connectivity index (χ4v) is 3.45. The van der Waals surface area contributed by atoms with E-state index in [9.17, 15) is 4.79 Å². The van der Waals surface area contributed by atoms with Gasteiger partial charge in [0.05, 0.1) is 0 Å². The molecule has 0 aromatic rings. The summed E-state index contributed by atoms with van der Waals surface area (Å²) >= 11 is 0. The van der Waals surface area contributed by atoms with Gasteiger partial charge < -0.3 is 10.2 Å². The summed E-state index contributed by atoms with van der Waals surface area (Å²) in [6, 6.07) is 0.671. The normalized spacial score (nSPS) is 27.6. The Morgan fingerprint density at radius 1 is 1.11 bits per heavy atom. The van der Waals surface area contributed by atoms with E-state index in [0.717, 1.165) is 19.6 Å². The van der Waals surface area contributed by atoms with E-state index < -0.39 is 0 Å². The largest absolute Gasteiger partial charge is 0.347 e. The Morgan fingerprint density at radius 2 is 1.74 bits per heavy atom. The van der Waals surface area contributed by atoms with E-state index in [1.165, 1.54) is 44.9 Å². The minimum Gasteiger partial charge on any atom is -0.347 e. The van der Waals surface area contributed by atoms with Gasteiger partial charge in [0.2, 0.25) is 5.91 Å². The zero-order valence-corrected chi connectivity index (χ0v) is 12.5. The van der Waals surface area contributed by atoms with Gasteiger partial charge in [-0.05, 0) is 12.8 Å². The molecule has 0 aromatic heterocycles. The molecule has 4 heteroatoms. The Bertz CT molecular complexity index is 285. The van der Waals surface area contributed by atoms with Crippen molar-refractivity contribution in [2.24, 2.45) is 0 Å². The zero-order valence-electron chi connectivity index (χ0n) is 12.5. The first-order chi connectivity index (χ1) is 9.20. The molecule has 0 aromatic carbocycles. The van der Waals surface area contributed by atoms with Crippen molar-refractivity contribution >= 4 is 5.91 Å². The maximum absolute atomic E-state index is 12.3. The van der Waals surface area contributed by atoms with Crippen LogP contribution in [0.25, 0.3) is 0 Å². The number of carbonyl (C=O) groups is 1. The van der Waals surface area contributed by atoms with Crippen LogP contribution in [0, 0.1) is 0 Å². The molecule has 1 aliphatic carbocycles. The molecule has 2 rings (SSSR count). The molecule has 1 saturated heterocycles. The van der Waals surface area contributed by atoms with Crippen LogP contribution in [-0.4, -0.2) is 61.5 Å². The van der Waals surface area contributed by atoms with Crippen LogP contribution in [-0.2, 0) is 4.79 Å². The average Bonchev–Trinajstić information content (AvgIpc) is 2.37. The van der Waals surface area contributed by atoms with Gasteiger partial charge in [-0.3, -0.25) is 9.69 Å². The minimum atomic E-state index is 0.0492. The summed E-state index contributed by atoms with van der Waals surface area (Å²) in [5.74, 6) is 0.259. The quantitative estimate of drug-likeness (QED) is 0.823. The SMILES string of the molecule is CN(C)C(=O)C1CNCCN1C1CCCCCCC1. The second kappa shape index (κ2) is 7.25. The monoisotopic (exact) mass is 267 g/mol. The van der Waals surface area contributed by atoms with Crippen LogP contribution in [0.2, 0.25) is 0 Å². The lowest BCUT2D eigenvalue weighted by atomic mass is 9.94. The second-order valence-corrected chi connectivity index (χ2v) is 6.19. The number of nitrogens with one attached hydrogen (secondary N) is 1. The average molecular weight is 267 g/mol. The Kier molecular flexibility index (Phi) is 5.64. The van der Waals surface area contributed by atoms with Gasteiger partial charge in [0.15, 0.2) is 0 Å². The summed E-state index contributed by atoms with van der Waals surface area (Å²) in [6.07, 6.45) is 9.35. The molecule has 0 bridgehead atoms. The highest BCUT2D eigenvalue weighted by Gasteiger charge is 2.33. The van der Waals surface area contributed by atoms with Gasteiger partial charge in [-0.15, -0.1) is 0 Å². The predicted molar refractivity (Wildman–Crippen MR) is 78.2 cm³/mol. The topological polar surface area (TPSA) is 35.6 Å². The van der Waals surface area contributed by atoms with Crippen molar-refractivity contribution in [3.05, 3.63) is 0 Å². The third-order valence-corrected chi connectivity index (χ3v) is 4.55. The number of hydrogen-bond acceptors (Lipinski definition) is 3. The van der Waals surface area contributed by atoms with E-state index in [2.05, 4.69) is 10.2 Å². The molecule has 1 saturated carbocycles. The maximum Gasteiger partial charge on any atom is 0.240 e. The van der Waals surface area contributed by atoms with Gasteiger partial charge in [-0.25, -0.2) is 0 Å². The van der Waals surface area contributed by atoms with Crippen molar-refractivity contribution in [3.63, 3.8) is 0 Å². The van der Waals surface area contributed by atoms with E-state index in [0.29, 0.717) is 6.04 Å². The van der Waals surface area contributed by atoms with E-state index in [1.807, 2.05) is 14.1 Å². The molecule has 0 radical (unpaired) electrons. The molecule has 1 atom stereocenters. The lowest BCUT2D eigenvalue weighted by molar-refractivity contribution is -0.136. The fraction of sp³-hybridized carbons (Fsp3) is 0.933. The number of nitrogens with zero attached hydrogens (tertiary/aromatic N) is 2. The van der Waals surface area contributed by atoms with Crippen molar-refractivity contribution in [1.29, 1.82) is 0 Å². The molecule has 4 nitrogen and oxygen atoms in total. The molecule has 110 valence electrons. The minimum absolute atomic E-state index is 0.0492. The second-order valence-electron chi connectivity index (χ2n) is 6.19. The third kappa shape index (κ3) is 3.93. The Morgan fingerprint density at radius 3 is 2.37 bits per heavy atom. The van der Waals surface area contributed by atoms with Crippen LogP contribution >= 0.6 is 0 Å². The summed E-state index contributed by atoms with van der Waals surface area (Å²) in [5.41, 5.74) is 0. The van der Waals surface area contributed by atoms with Crippen molar-refractivity contribution in [3.8, 4) is 0 Å². The molecular formula is C15H29N3O. The molecular weight excluding hydrogens is 238 g/mol. The Hall–Kier alpha value is -0.610. The highest BCUT2D eigenvalue weighted by Crippen LogP contribution is 2.24. The molecule has 1 heterocycles. The first kappa shape index (κ1) is 14.8. The summed E-state index contributed by atoms with van der Waals surface area (Å²) < 4.78 is 0. The Balaban J connectivity index is 2.02. The number of hydrogen-bond donors (Lipinski definition) is 1. The van der Waals surface area contributed by atoms with Crippen molar-refractivity contribution < 1.29 is 4.79 Å². The molecule has 1 aliphatic heterocycles. The van der Waals surface area contributed by atoms with Crippen LogP contribution in [0.4, 0.5) is 0 Å². The van der Waals surface area contributed by atoms with Crippen LogP contribution < -0.4 is 5.32 Å². The number of likely N-dealkylation sites (N-methyl/N-ethyl adjacent to an activating group) is 1. The van der Waals surface area contributed by atoms with Crippen LogP contribution in [0.1, 0.15) is 44.9 Å². The smallest absolute Gasteiger partial charge is 0.240 e. The van der Waals surface area contributed by atoms with Gasteiger partial charge in [0.1, 0.15) is 6.04 Å². The highest BCUT2D eigenvalue weighted by atomic mass is 16.2. The lowest BCUT2D eigenvalue weighted by Crippen LogP contribution is -2.60. The maximum atomic E-state index is 12.3. The van der Waals surface area contributed by atoms with Crippen molar-refractivity contribution in [1.82, 2.24) is 15.1 Å². The van der Waals surface area contributed by atoms with Gasteiger partial charge in [-0.2, -0.15) is 0 Å². The summed E-state index contributed by atoms with van der Waals surface area (Å²) in [5, 5.41) is 3.38. The molecule has 1 unspecified atom stereocenters. The fourth-order valence-electron chi connectivity index (χ4n) is 3.45. The highest BCUT2D eigenvalue weighted by molar-refractivity contribution is 5.81. The summed E-state index contributed by atoms with van der Waals surface area (Å²) in [7, 11) is 3.74. The molecule has 2 fully saturated rings. The van der Waals surface area contributed by atoms with Gasteiger partial charge in [-0.1, -0.05) is 32.1 Å². The van der Waals surface area contributed by atoms with Crippen LogP contribution in [0.3, 0.4) is 0 Å². The Labute approximate surface area is 117 Å². The first-order valence-corrected chi connectivity index (χ1v) is 7.88. The van der Waals surface area contributed by atoms with E-state index in [-0.39, 0.29) is 11.9 Å². The standard InChI is InChI=1S/C15H29N3O/c1-17(2)15(19)14-12-16-10-11-18(14)13-8-6-4-3-5-7-9-13/h13-14,16H,3-12H2,1-2H3. The van der Waals surface area contributed by atoms with Crippen LogP contribution in [0.5, 0.6) is 0 Å². The van der Waals surface area contributed by atoms with Crippen LogP contribution in [0.15, 0.2) is 0 Å². The van der Waals surface area contributed by atoms with Gasteiger partial charge >= 0.3 is 0 Å². The summed E-state index contributed by atoms with van der Waals surface area (Å²) in [4.78, 5) is 16.6. The van der Waals surface area contributed by atoms with Crippen molar-refractivity contribution in [2.45, 2.75) is 57.0 Å². The van der Waals surface area contributed by atoms with E-state index in [1.54, 1.807) is 4.90 Å². The molecule has 1 N–H and O–H groups in total. The van der Waals surface area contributed by atoms with E-state index >= 15 is 0 Å². The molecule has 19 heavy (non-hydrogen) atoms. The lowest BCUT2D eigenvalue weighted by Gasteiger charge is -2.42. The van der Waals surface area contributed by atoms with Crippen molar-refractivity contribution in [2.75, 3.05) is 33.7 Å². The predicted octanol–water partition coefficient (Wildman–Crippen LogP) is 1.46. The molecule has 1 amide bonds. The number of amides is 1. The van der Waals surface area contributed by atoms with Gasteiger partial charge in [0, 0.05) is 39.8 Å². The third-order valence-electron chi connectivity index (χ3n) is 4.55. The zero-order chi connectivity index (χ0) is 13.7. The number of piperazine rings is 1. The summed E-state index contributed by atoms with van der Waals surface area (Å²) in [6.45, 7) is 2.86. The number of carbonyl (C=O) groups excluding carboxylic acids is 1. The van der Waals surface area contributed by atoms with Gasteiger partial charge in [0.25, 0.3) is 0 Å². The number of rotatable bonds is 2. The first-order valence-electron chi connectivity index (χ1n) is 7.88. The van der Waals surface area contributed by atoms with E-state index in [4.69, 9.17) is 0 Å².